The summed E-state index contributed by atoms with van der Waals surface area (Å²) in [5.74, 6) is 1.31. The number of nitrogens with zero attached hydrogens (tertiary/aromatic N) is 4. The second kappa shape index (κ2) is 12.3. The van der Waals surface area contributed by atoms with Gasteiger partial charge >= 0.3 is 0 Å². The van der Waals surface area contributed by atoms with Crippen LogP contribution in [0.2, 0.25) is 0 Å². The van der Waals surface area contributed by atoms with Gasteiger partial charge in [-0.15, -0.1) is 5.10 Å². The standard InChI is InChI=1S/C28H33N5O5/c1-19(2)13-14-29-28(35)27(20-11-12-24(36-3)25(16-20)37-4)32(17-21-8-7-15-38-21)26(34)18-33-23-10-6-5-9-22(23)30-31-33/h5-12,15-16,19,27H,13-14,17-18H2,1-4H3,(H,29,35)/t27-/m1/s1. The second-order valence-electron chi connectivity index (χ2n) is 9.33. The highest BCUT2D eigenvalue weighted by Gasteiger charge is 2.33. The average molecular weight is 520 g/mol. The third-order valence-electron chi connectivity index (χ3n) is 6.24. The first kappa shape index (κ1) is 26.7. The molecule has 2 aromatic carbocycles. The first-order valence-corrected chi connectivity index (χ1v) is 12.5. The smallest absolute Gasteiger partial charge is 0.247 e. The highest BCUT2D eigenvalue weighted by molar-refractivity contribution is 5.89. The normalized spacial score (nSPS) is 11.9. The lowest BCUT2D eigenvalue weighted by atomic mass is 10.0. The second-order valence-corrected chi connectivity index (χ2v) is 9.33. The van der Waals surface area contributed by atoms with Crippen molar-refractivity contribution in [2.24, 2.45) is 5.92 Å². The number of fused-ring (bicyclic) bond motifs is 1. The SMILES string of the molecule is COc1ccc([C@H](C(=O)NCCC(C)C)N(Cc2ccco2)C(=O)Cn2nnc3ccccc32)cc1OC. The summed E-state index contributed by atoms with van der Waals surface area (Å²) < 4.78 is 18.0. The molecule has 0 saturated heterocycles. The number of aromatic nitrogens is 3. The van der Waals surface area contributed by atoms with Crippen molar-refractivity contribution < 1.29 is 23.5 Å². The summed E-state index contributed by atoms with van der Waals surface area (Å²) in [6.07, 6.45) is 2.35. The Balaban J connectivity index is 1.74. The number of ether oxygens (including phenoxy) is 2. The number of hydrogen-bond acceptors (Lipinski definition) is 7. The van der Waals surface area contributed by atoms with Crippen molar-refractivity contribution in [3.8, 4) is 11.5 Å². The first-order chi connectivity index (χ1) is 18.4. The van der Waals surface area contributed by atoms with Gasteiger partial charge in [0.05, 0.1) is 32.5 Å². The number of rotatable bonds is 12. The Morgan fingerprint density at radius 2 is 1.84 bits per heavy atom. The van der Waals surface area contributed by atoms with Gasteiger partial charge in [0.2, 0.25) is 11.8 Å². The number of furan rings is 1. The third kappa shape index (κ3) is 6.13. The van der Waals surface area contributed by atoms with E-state index in [1.54, 1.807) is 37.4 Å². The van der Waals surface area contributed by atoms with Crippen LogP contribution in [-0.4, -0.2) is 52.5 Å². The zero-order valence-electron chi connectivity index (χ0n) is 22.1. The summed E-state index contributed by atoms with van der Waals surface area (Å²) in [4.78, 5) is 29.1. The molecule has 0 aliphatic carbocycles. The maximum absolute atomic E-state index is 13.9. The molecule has 0 fully saturated rings. The number of carbonyl (C=O) groups excluding carboxylic acids is 2. The number of hydrogen-bond donors (Lipinski definition) is 1. The van der Waals surface area contributed by atoms with Gasteiger partial charge < -0.3 is 24.1 Å². The van der Waals surface area contributed by atoms with Gasteiger partial charge in [0, 0.05) is 6.54 Å². The van der Waals surface area contributed by atoms with E-state index in [4.69, 9.17) is 13.9 Å². The van der Waals surface area contributed by atoms with Crippen LogP contribution in [0.5, 0.6) is 11.5 Å². The van der Waals surface area contributed by atoms with E-state index in [-0.39, 0.29) is 24.9 Å². The molecule has 1 N–H and O–H groups in total. The lowest BCUT2D eigenvalue weighted by Crippen LogP contribution is -2.45. The summed E-state index contributed by atoms with van der Waals surface area (Å²) in [6, 6.07) is 15.2. The van der Waals surface area contributed by atoms with Crippen LogP contribution in [0.4, 0.5) is 0 Å². The molecule has 10 heteroatoms. The van der Waals surface area contributed by atoms with Crippen LogP contribution in [0.1, 0.15) is 37.6 Å². The van der Waals surface area contributed by atoms with E-state index >= 15 is 0 Å². The molecule has 10 nitrogen and oxygen atoms in total. The fraction of sp³-hybridized carbons (Fsp3) is 0.357. The molecular weight excluding hydrogens is 486 g/mol. The quantitative estimate of drug-likeness (QED) is 0.301. The summed E-state index contributed by atoms with van der Waals surface area (Å²) in [5.41, 5.74) is 1.98. The Kier molecular flexibility index (Phi) is 8.62. The zero-order valence-corrected chi connectivity index (χ0v) is 22.1. The minimum absolute atomic E-state index is 0.0784. The van der Waals surface area contributed by atoms with Gasteiger partial charge in [0.1, 0.15) is 23.9 Å². The van der Waals surface area contributed by atoms with Gasteiger partial charge in [0.15, 0.2) is 11.5 Å². The molecule has 0 saturated carbocycles. The largest absolute Gasteiger partial charge is 0.493 e. The Hall–Kier alpha value is -4.34. The molecule has 0 aliphatic heterocycles. The van der Waals surface area contributed by atoms with Gasteiger partial charge in [-0.05, 0) is 54.3 Å². The van der Waals surface area contributed by atoms with Crippen LogP contribution in [-0.2, 0) is 22.7 Å². The molecule has 4 aromatic rings. The molecule has 0 bridgehead atoms. The predicted molar refractivity (Wildman–Crippen MR) is 142 cm³/mol. The summed E-state index contributed by atoms with van der Waals surface area (Å²) in [7, 11) is 3.07. The van der Waals surface area contributed by atoms with Crippen LogP contribution >= 0.6 is 0 Å². The van der Waals surface area contributed by atoms with Crippen LogP contribution in [0.3, 0.4) is 0 Å². The molecule has 2 amide bonds. The van der Waals surface area contributed by atoms with Crippen molar-refractivity contribution in [1.82, 2.24) is 25.2 Å². The van der Waals surface area contributed by atoms with Crippen molar-refractivity contribution in [2.45, 2.75) is 39.4 Å². The average Bonchev–Trinajstić information content (AvgIpc) is 3.58. The van der Waals surface area contributed by atoms with Crippen LogP contribution in [0.25, 0.3) is 11.0 Å². The fourth-order valence-electron chi connectivity index (χ4n) is 4.22. The molecule has 2 aromatic heterocycles. The van der Waals surface area contributed by atoms with Crippen LogP contribution in [0, 0.1) is 5.92 Å². The molecule has 1 atom stereocenters. The maximum Gasteiger partial charge on any atom is 0.247 e. The minimum Gasteiger partial charge on any atom is -0.493 e. The number of nitrogens with one attached hydrogen (secondary N) is 1. The lowest BCUT2D eigenvalue weighted by Gasteiger charge is -2.31. The van der Waals surface area contributed by atoms with Crippen molar-refractivity contribution in [3.05, 3.63) is 72.2 Å². The molecular formula is C28H33N5O5. The molecule has 200 valence electrons. The van der Waals surface area contributed by atoms with Crippen molar-refractivity contribution in [3.63, 3.8) is 0 Å². The molecule has 38 heavy (non-hydrogen) atoms. The zero-order chi connectivity index (χ0) is 27.1. The first-order valence-electron chi connectivity index (χ1n) is 12.5. The van der Waals surface area contributed by atoms with Crippen LogP contribution < -0.4 is 14.8 Å². The van der Waals surface area contributed by atoms with Gasteiger partial charge in [-0.25, -0.2) is 4.68 Å². The molecule has 0 aliphatic rings. The molecule has 0 unspecified atom stereocenters. The van der Waals surface area contributed by atoms with Crippen LogP contribution in [0.15, 0.2) is 65.3 Å². The summed E-state index contributed by atoms with van der Waals surface area (Å²) in [6.45, 7) is 4.64. The monoisotopic (exact) mass is 519 g/mol. The highest BCUT2D eigenvalue weighted by atomic mass is 16.5. The van der Waals surface area contributed by atoms with E-state index in [0.29, 0.717) is 40.8 Å². The Morgan fingerprint density at radius 1 is 1.05 bits per heavy atom. The molecule has 0 spiro atoms. The van der Waals surface area contributed by atoms with Gasteiger partial charge in [-0.3, -0.25) is 9.59 Å². The Bertz CT molecular complexity index is 1370. The number of methoxy groups -OCH3 is 2. The summed E-state index contributed by atoms with van der Waals surface area (Å²) >= 11 is 0. The molecule has 4 rings (SSSR count). The van der Waals surface area contributed by atoms with E-state index in [2.05, 4.69) is 29.5 Å². The van der Waals surface area contributed by atoms with E-state index < -0.39 is 6.04 Å². The van der Waals surface area contributed by atoms with Gasteiger partial charge in [-0.2, -0.15) is 0 Å². The summed E-state index contributed by atoms with van der Waals surface area (Å²) in [5, 5.41) is 11.3. The van der Waals surface area contributed by atoms with E-state index in [9.17, 15) is 9.59 Å². The predicted octanol–water partition coefficient (Wildman–Crippen LogP) is 3.97. The van der Waals surface area contributed by atoms with Crippen molar-refractivity contribution >= 4 is 22.8 Å². The highest BCUT2D eigenvalue weighted by Crippen LogP contribution is 2.33. The van der Waals surface area contributed by atoms with E-state index in [1.165, 1.54) is 23.0 Å². The molecule has 0 radical (unpaired) electrons. The minimum atomic E-state index is -0.964. The number of carbonyl (C=O) groups is 2. The van der Waals surface area contributed by atoms with Gasteiger partial charge in [-0.1, -0.05) is 37.3 Å². The van der Waals surface area contributed by atoms with E-state index in [0.717, 1.165) is 11.9 Å². The Morgan fingerprint density at radius 3 is 2.55 bits per heavy atom. The molecule has 2 heterocycles. The maximum atomic E-state index is 13.9. The number of para-hydroxylation sites is 1. The van der Waals surface area contributed by atoms with Crippen molar-refractivity contribution in [2.75, 3.05) is 20.8 Å². The van der Waals surface area contributed by atoms with Gasteiger partial charge in [0.25, 0.3) is 0 Å². The lowest BCUT2D eigenvalue weighted by molar-refractivity contribution is -0.142. The number of benzene rings is 2. The van der Waals surface area contributed by atoms with E-state index in [1.807, 2.05) is 24.3 Å². The number of amides is 2. The fourth-order valence-corrected chi connectivity index (χ4v) is 4.22. The third-order valence-corrected chi connectivity index (χ3v) is 6.24. The Labute approximate surface area is 221 Å². The topological polar surface area (TPSA) is 112 Å². The van der Waals surface area contributed by atoms with Crippen molar-refractivity contribution in [1.29, 1.82) is 0 Å².